The van der Waals surface area contributed by atoms with Gasteiger partial charge in [-0.15, -0.1) is 0 Å². The van der Waals surface area contributed by atoms with Crippen molar-refractivity contribution >= 4 is 5.69 Å². The molecule has 1 N–H and O–H groups in total. The van der Waals surface area contributed by atoms with Gasteiger partial charge < -0.3 is 5.32 Å². The van der Waals surface area contributed by atoms with Crippen LogP contribution in [0.1, 0.15) is 5.69 Å². The Kier molecular flexibility index (Phi) is 3.13. The first-order valence-corrected chi connectivity index (χ1v) is 6.30. The van der Waals surface area contributed by atoms with Gasteiger partial charge in [-0.3, -0.25) is 14.6 Å². The third-order valence-electron chi connectivity index (χ3n) is 3.15. The molecule has 0 fully saturated rings. The molecular weight excluding hydrogens is 252 g/mol. The van der Waals surface area contributed by atoms with Gasteiger partial charge in [0.25, 0.3) is 0 Å². The first-order chi connectivity index (χ1) is 9.77. The average Bonchev–Trinajstić information content (AvgIpc) is 2.52. The number of pyridine rings is 1. The summed E-state index contributed by atoms with van der Waals surface area (Å²) in [5, 5.41) is 3.01. The molecule has 20 heavy (non-hydrogen) atoms. The SMILES string of the molecule is O=c1c(NCc2ccccn2)c(-c2ccccc2)c1=O. The van der Waals surface area contributed by atoms with Gasteiger partial charge in [-0.25, -0.2) is 0 Å². The second kappa shape index (κ2) is 5.09. The molecule has 0 aliphatic heterocycles. The molecule has 4 heteroatoms. The molecule has 2 aromatic carbocycles. The molecule has 0 unspecified atom stereocenters. The lowest BCUT2D eigenvalue weighted by molar-refractivity contribution is 1.04. The van der Waals surface area contributed by atoms with Gasteiger partial charge >= 0.3 is 0 Å². The van der Waals surface area contributed by atoms with E-state index in [1.807, 2.05) is 48.5 Å². The van der Waals surface area contributed by atoms with Gasteiger partial charge in [0, 0.05) is 6.20 Å². The quantitative estimate of drug-likeness (QED) is 0.732. The molecule has 1 aromatic heterocycles. The van der Waals surface area contributed by atoms with E-state index in [1.54, 1.807) is 6.20 Å². The van der Waals surface area contributed by atoms with Gasteiger partial charge in [0.15, 0.2) is 0 Å². The highest BCUT2D eigenvalue weighted by molar-refractivity contribution is 5.81. The highest BCUT2D eigenvalue weighted by Gasteiger charge is 2.21. The summed E-state index contributed by atoms with van der Waals surface area (Å²) in [6, 6.07) is 14.8. The van der Waals surface area contributed by atoms with Crippen LogP contribution >= 0.6 is 0 Å². The minimum atomic E-state index is -0.459. The largest absolute Gasteiger partial charge is 0.375 e. The molecule has 0 saturated heterocycles. The zero-order valence-electron chi connectivity index (χ0n) is 10.7. The second-order valence-electron chi connectivity index (χ2n) is 4.45. The van der Waals surface area contributed by atoms with E-state index in [-0.39, 0.29) is 0 Å². The zero-order chi connectivity index (χ0) is 13.9. The minimum Gasteiger partial charge on any atom is -0.375 e. The lowest BCUT2D eigenvalue weighted by Gasteiger charge is -2.13. The van der Waals surface area contributed by atoms with E-state index in [4.69, 9.17) is 0 Å². The van der Waals surface area contributed by atoms with Crippen molar-refractivity contribution in [3.05, 3.63) is 80.9 Å². The number of benzene rings is 1. The maximum absolute atomic E-state index is 11.7. The summed E-state index contributed by atoms with van der Waals surface area (Å²) < 4.78 is 0. The van der Waals surface area contributed by atoms with Crippen LogP contribution in [0, 0.1) is 0 Å². The number of hydrogen-bond donors (Lipinski definition) is 1. The number of anilines is 1. The molecule has 0 amide bonds. The van der Waals surface area contributed by atoms with Crippen molar-refractivity contribution in [2.24, 2.45) is 0 Å². The Hall–Kier alpha value is -2.75. The minimum absolute atomic E-state index is 0.381. The fraction of sp³-hybridized carbons (Fsp3) is 0.0625. The normalized spacial score (nSPS) is 10.6. The van der Waals surface area contributed by atoms with E-state index in [0.29, 0.717) is 17.8 Å². The third-order valence-corrected chi connectivity index (χ3v) is 3.15. The molecule has 3 aromatic rings. The molecule has 0 saturated carbocycles. The third kappa shape index (κ3) is 2.12. The number of rotatable bonds is 4. The number of nitrogens with zero attached hydrogens (tertiary/aromatic N) is 1. The Bertz CT molecular complexity index is 788. The summed E-state index contributed by atoms with van der Waals surface area (Å²) in [6.45, 7) is 0.422. The van der Waals surface area contributed by atoms with Crippen molar-refractivity contribution in [2.75, 3.05) is 5.32 Å². The van der Waals surface area contributed by atoms with E-state index in [9.17, 15) is 9.59 Å². The van der Waals surface area contributed by atoms with Crippen LogP contribution in [0.4, 0.5) is 5.69 Å². The van der Waals surface area contributed by atoms with Crippen LogP contribution in [0.15, 0.2) is 64.3 Å². The fourth-order valence-corrected chi connectivity index (χ4v) is 2.12. The molecule has 0 spiro atoms. The maximum Gasteiger partial charge on any atom is 0.250 e. The standard InChI is InChI=1S/C16H12N2O2/c19-15-13(11-6-2-1-3-7-11)14(16(15)20)18-10-12-8-4-5-9-17-12/h1-9,18H,10H2. The van der Waals surface area contributed by atoms with Crippen molar-refractivity contribution in [2.45, 2.75) is 6.54 Å². The first kappa shape index (κ1) is 12.3. The lowest BCUT2D eigenvalue weighted by Crippen LogP contribution is -2.36. The van der Waals surface area contributed by atoms with E-state index >= 15 is 0 Å². The maximum atomic E-state index is 11.7. The van der Waals surface area contributed by atoms with Crippen LogP contribution in [0.3, 0.4) is 0 Å². The van der Waals surface area contributed by atoms with Crippen molar-refractivity contribution in [3.8, 4) is 11.1 Å². The summed E-state index contributed by atoms with van der Waals surface area (Å²) in [4.78, 5) is 27.6. The van der Waals surface area contributed by atoms with Gasteiger partial charge in [0.1, 0.15) is 0 Å². The Morgan fingerprint density at radius 3 is 2.35 bits per heavy atom. The fourth-order valence-electron chi connectivity index (χ4n) is 2.12. The number of hydrogen-bond acceptors (Lipinski definition) is 4. The summed E-state index contributed by atoms with van der Waals surface area (Å²) in [6.07, 6.45) is 1.69. The predicted molar refractivity (Wildman–Crippen MR) is 78.4 cm³/mol. The average molecular weight is 264 g/mol. The van der Waals surface area contributed by atoms with Crippen LogP contribution in [-0.2, 0) is 6.54 Å². The van der Waals surface area contributed by atoms with Gasteiger partial charge in [-0.05, 0) is 17.7 Å². The molecule has 0 radical (unpaired) electrons. The highest BCUT2D eigenvalue weighted by Crippen LogP contribution is 2.23. The summed E-state index contributed by atoms with van der Waals surface area (Å²) in [5.74, 6) is 0. The van der Waals surface area contributed by atoms with Crippen molar-refractivity contribution in [1.82, 2.24) is 4.98 Å². The Balaban J connectivity index is 1.87. The monoisotopic (exact) mass is 264 g/mol. The van der Waals surface area contributed by atoms with Crippen LogP contribution in [-0.4, -0.2) is 4.98 Å². The Labute approximate surface area is 115 Å². The number of nitrogens with one attached hydrogen (secondary N) is 1. The topological polar surface area (TPSA) is 59.1 Å². The smallest absolute Gasteiger partial charge is 0.250 e. The second-order valence-corrected chi connectivity index (χ2v) is 4.45. The highest BCUT2D eigenvalue weighted by atomic mass is 16.2. The molecule has 3 rings (SSSR count). The van der Waals surface area contributed by atoms with Crippen LogP contribution in [0.2, 0.25) is 0 Å². The van der Waals surface area contributed by atoms with Gasteiger partial charge in [-0.1, -0.05) is 36.4 Å². The van der Waals surface area contributed by atoms with E-state index in [2.05, 4.69) is 10.3 Å². The predicted octanol–water partition coefficient (Wildman–Crippen LogP) is 1.96. The molecule has 0 aliphatic rings. The molecule has 0 aliphatic carbocycles. The number of aromatic nitrogens is 1. The molecule has 1 heterocycles. The van der Waals surface area contributed by atoms with E-state index in [1.165, 1.54) is 0 Å². The van der Waals surface area contributed by atoms with Crippen molar-refractivity contribution in [1.29, 1.82) is 0 Å². The summed E-state index contributed by atoms with van der Waals surface area (Å²) >= 11 is 0. The molecular formula is C16H12N2O2. The van der Waals surface area contributed by atoms with E-state index < -0.39 is 10.9 Å². The van der Waals surface area contributed by atoms with Crippen LogP contribution in [0.25, 0.3) is 11.1 Å². The van der Waals surface area contributed by atoms with Crippen molar-refractivity contribution < 1.29 is 0 Å². The molecule has 4 nitrogen and oxygen atoms in total. The lowest BCUT2D eigenvalue weighted by atomic mass is 9.98. The zero-order valence-corrected chi connectivity index (χ0v) is 10.7. The Morgan fingerprint density at radius 2 is 1.65 bits per heavy atom. The van der Waals surface area contributed by atoms with Crippen molar-refractivity contribution in [3.63, 3.8) is 0 Å². The van der Waals surface area contributed by atoms with Crippen LogP contribution in [0.5, 0.6) is 0 Å². The van der Waals surface area contributed by atoms with Gasteiger partial charge in [0.05, 0.1) is 23.5 Å². The summed E-state index contributed by atoms with van der Waals surface area (Å²) in [7, 11) is 0. The van der Waals surface area contributed by atoms with Crippen LogP contribution < -0.4 is 16.2 Å². The molecule has 98 valence electrons. The Morgan fingerprint density at radius 1 is 0.900 bits per heavy atom. The molecule has 0 atom stereocenters. The first-order valence-electron chi connectivity index (χ1n) is 6.30. The molecule has 0 bridgehead atoms. The summed E-state index contributed by atoms with van der Waals surface area (Å²) in [5.41, 5.74) is 1.54. The van der Waals surface area contributed by atoms with E-state index in [0.717, 1.165) is 11.3 Å². The van der Waals surface area contributed by atoms with Gasteiger partial charge in [-0.2, -0.15) is 0 Å². The van der Waals surface area contributed by atoms with Gasteiger partial charge in [0.2, 0.25) is 10.9 Å².